The molecule has 15 heteroatoms. The summed E-state index contributed by atoms with van der Waals surface area (Å²) in [5.74, 6) is -0.937. The van der Waals surface area contributed by atoms with Crippen molar-refractivity contribution in [2.24, 2.45) is 0 Å². The number of carbonyl (C=O) groups excluding carboxylic acids is 2. The Balaban J connectivity index is 1.79. The van der Waals surface area contributed by atoms with Crippen molar-refractivity contribution in [3.05, 3.63) is 36.5 Å². The normalized spacial score (nSPS) is 26.0. The average Bonchev–Trinajstić information content (AvgIpc) is 3.33. The van der Waals surface area contributed by atoms with Crippen LogP contribution in [0.5, 0.6) is 0 Å². The summed E-state index contributed by atoms with van der Waals surface area (Å²) in [6.07, 6.45) is 25.9. The molecule has 2 saturated heterocycles. The van der Waals surface area contributed by atoms with Gasteiger partial charge in [0.2, 0.25) is 0 Å². The largest absolute Gasteiger partial charge is 0.462 e. The highest BCUT2D eigenvalue weighted by atomic mass is 16.7. The summed E-state index contributed by atoms with van der Waals surface area (Å²) in [7, 11) is 0. The van der Waals surface area contributed by atoms with Gasteiger partial charge in [-0.2, -0.15) is 0 Å². The van der Waals surface area contributed by atoms with Crippen LogP contribution in [0.25, 0.3) is 0 Å². The molecule has 2 aliphatic rings. The van der Waals surface area contributed by atoms with Gasteiger partial charge in [0.15, 0.2) is 18.7 Å². The summed E-state index contributed by atoms with van der Waals surface area (Å²) >= 11 is 0. The summed E-state index contributed by atoms with van der Waals surface area (Å²) in [5, 5.41) is 72.1. The minimum absolute atomic E-state index is 0.159. The van der Waals surface area contributed by atoms with Crippen LogP contribution in [0.1, 0.15) is 194 Å². The molecule has 0 radical (unpaired) electrons. The Hall–Kier alpha value is -2.28. The van der Waals surface area contributed by atoms with Crippen LogP contribution in [0, 0.1) is 0 Å². The van der Waals surface area contributed by atoms with E-state index in [4.69, 9.17) is 28.4 Å². The average molecular weight is 971 g/mol. The van der Waals surface area contributed by atoms with Gasteiger partial charge in [-0.3, -0.25) is 9.59 Å². The van der Waals surface area contributed by atoms with E-state index in [9.17, 15) is 45.3 Å². The fraction of sp³-hybridized carbons (Fsp3) is 0.849. The molecule has 0 aliphatic carbocycles. The zero-order valence-corrected chi connectivity index (χ0v) is 41.8. The maximum atomic E-state index is 13.0. The molecule has 0 bridgehead atoms. The lowest BCUT2D eigenvalue weighted by Gasteiger charge is -2.42. The molecule has 2 fully saturated rings. The third-order valence-electron chi connectivity index (χ3n) is 12.6. The fourth-order valence-corrected chi connectivity index (χ4v) is 8.18. The van der Waals surface area contributed by atoms with Gasteiger partial charge >= 0.3 is 11.9 Å². The molecule has 2 heterocycles. The van der Waals surface area contributed by atoms with Gasteiger partial charge in [0.25, 0.3) is 0 Å². The summed E-state index contributed by atoms with van der Waals surface area (Å²) in [6.45, 7) is 2.54. The summed E-state index contributed by atoms with van der Waals surface area (Å²) < 4.78 is 33.6. The summed E-state index contributed by atoms with van der Waals surface area (Å²) in [5.41, 5.74) is 0. The lowest BCUT2D eigenvalue weighted by Crippen LogP contribution is -2.61. The Morgan fingerprint density at radius 3 is 1.41 bits per heavy atom. The highest BCUT2D eigenvalue weighted by Gasteiger charge is 2.47. The third-order valence-corrected chi connectivity index (χ3v) is 12.6. The number of allylic oxidation sites excluding steroid dienone is 6. The predicted molar refractivity (Wildman–Crippen MR) is 261 cm³/mol. The fourth-order valence-electron chi connectivity index (χ4n) is 8.18. The van der Waals surface area contributed by atoms with Gasteiger partial charge < -0.3 is 64.2 Å². The molecule has 7 N–H and O–H groups in total. The minimum atomic E-state index is -1.77. The maximum absolute atomic E-state index is 13.0. The molecule has 0 amide bonds. The number of carbonyl (C=O) groups is 2. The Kier molecular flexibility index (Phi) is 36.7. The van der Waals surface area contributed by atoms with Crippen LogP contribution >= 0.6 is 0 Å². The second-order valence-electron chi connectivity index (χ2n) is 18.7. The van der Waals surface area contributed by atoms with Crippen LogP contribution in [-0.2, 0) is 38.0 Å². The van der Waals surface area contributed by atoms with Gasteiger partial charge in [0, 0.05) is 12.8 Å². The number of unbranched alkanes of at least 4 members (excludes halogenated alkanes) is 21. The molecule has 11 unspecified atom stereocenters. The standard InChI is InChI=1S/C53H94O15/c1-3-5-7-9-11-13-15-17-18-19-20-21-22-24-26-28-30-32-34-36-45(56)66-41(38-63-44(55)35-33-31-29-27-25-23-16-14-12-10-8-6-4-2)39-64-52-51(62)49(60)47(58)43(68-52)40-65-53-50(61)48(59)46(57)42(37-54)67-53/h11,13-14,16-18,41-43,46-54,57-62H,3-10,12,15,19-40H2,1-2H3/b13-11-,16-14-,18-17-. The van der Waals surface area contributed by atoms with Gasteiger partial charge in [0.05, 0.1) is 19.8 Å². The number of esters is 2. The van der Waals surface area contributed by atoms with E-state index in [0.717, 1.165) is 77.0 Å². The molecule has 0 saturated carbocycles. The van der Waals surface area contributed by atoms with Crippen molar-refractivity contribution in [2.75, 3.05) is 26.4 Å². The van der Waals surface area contributed by atoms with Crippen LogP contribution < -0.4 is 0 Å². The first-order valence-electron chi connectivity index (χ1n) is 26.6. The van der Waals surface area contributed by atoms with Crippen LogP contribution in [0.3, 0.4) is 0 Å². The van der Waals surface area contributed by atoms with E-state index >= 15 is 0 Å². The number of hydrogen-bond donors (Lipinski definition) is 7. The molecule has 0 aromatic rings. The van der Waals surface area contributed by atoms with Gasteiger partial charge in [-0.25, -0.2) is 0 Å². The number of ether oxygens (including phenoxy) is 6. The molecule has 0 spiro atoms. The number of aliphatic hydroxyl groups excluding tert-OH is 7. The van der Waals surface area contributed by atoms with Crippen LogP contribution in [-0.4, -0.2) is 142 Å². The van der Waals surface area contributed by atoms with Crippen LogP contribution in [0.4, 0.5) is 0 Å². The van der Waals surface area contributed by atoms with E-state index in [0.29, 0.717) is 12.8 Å². The lowest BCUT2D eigenvalue weighted by molar-refractivity contribution is -0.332. The number of rotatable bonds is 41. The third kappa shape index (κ3) is 27.9. The maximum Gasteiger partial charge on any atom is 0.306 e. The second-order valence-corrected chi connectivity index (χ2v) is 18.7. The van der Waals surface area contributed by atoms with Gasteiger partial charge in [-0.1, -0.05) is 147 Å². The molecule has 11 atom stereocenters. The Labute approximate surface area is 408 Å². The van der Waals surface area contributed by atoms with Gasteiger partial charge in [-0.05, 0) is 70.6 Å². The molecule has 2 aliphatic heterocycles. The van der Waals surface area contributed by atoms with Crippen molar-refractivity contribution in [2.45, 2.75) is 261 Å². The van der Waals surface area contributed by atoms with E-state index < -0.39 is 92.7 Å². The quantitative estimate of drug-likeness (QED) is 0.0177. The van der Waals surface area contributed by atoms with Crippen molar-refractivity contribution >= 4 is 11.9 Å². The first kappa shape index (κ1) is 61.8. The molecular formula is C53H94O15. The second kappa shape index (κ2) is 40.3. The highest BCUT2D eigenvalue weighted by molar-refractivity contribution is 5.70. The molecular weight excluding hydrogens is 877 g/mol. The monoisotopic (exact) mass is 971 g/mol. The van der Waals surface area contributed by atoms with E-state index in [2.05, 4.69) is 50.3 Å². The van der Waals surface area contributed by atoms with E-state index in [1.165, 1.54) is 77.0 Å². The van der Waals surface area contributed by atoms with Crippen LogP contribution in [0.15, 0.2) is 36.5 Å². The van der Waals surface area contributed by atoms with Crippen molar-refractivity contribution in [3.63, 3.8) is 0 Å². The van der Waals surface area contributed by atoms with E-state index in [-0.39, 0.29) is 26.1 Å². The summed E-state index contributed by atoms with van der Waals surface area (Å²) in [6, 6.07) is 0. The van der Waals surface area contributed by atoms with Gasteiger partial charge in [0.1, 0.15) is 55.4 Å². The highest BCUT2D eigenvalue weighted by Crippen LogP contribution is 2.26. The number of hydrogen-bond acceptors (Lipinski definition) is 15. The Bertz CT molecular complexity index is 1330. The smallest absolute Gasteiger partial charge is 0.306 e. The zero-order valence-electron chi connectivity index (χ0n) is 41.8. The van der Waals surface area contributed by atoms with E-state index in [1.54, 1.807) is 0 Å². The molecule has 2 rings (SSSR count). The van der Waals surface area contributed by atoms with Gasteiger partial charge in [-0.15, -0.1) is 0 Å². The van der Waals surface area contributed by atoms with Crippen molar-refractivity contribution in [3.8, 4) is 0 Å². The molecule has 68 heavy (non-hydrogen) atoms. The molecule has 0 aromatic carbocycles. The van der Waals surface area contributed by atoms with E-state index in [1.807, 2.05) is 0 Å². The Morgan fingerprint density at radius 2 is 0.882 bits per heavy atom. The summed E-state index contributed by atoms with van der Waals surface area (Å²) in [4.78, 5) is 25.8. The number of aliphatic hydroxyl groups is 7. The van der Waals surface area contributed by atoms with Crippen molar-refractivity contribution in [1.82, 2.24) is 0 Å². The Morgan fingerprint density at radius 1 is 0.471 bits per heavy atom. The first-order chi connectivity index (χ1) is 33.0. The molecule has 0 aromatic heterocycles. The lowest BCUT2D eigenvalue weighted by atomic mass is 9.98. The van der Waals surface area contributed by atoms with Crippen molar-refractivity contribution < 1.29 is 73.8 Å². The predicted octanol–water partition coefficient (Wildman–Crippen LogP) is 7.71. The topological polar surface area (TPSA) is 231 Å². The SMILES string of the molecule is CCCCC/C=C\C/C=C\CCCCCCCCCCCC(=O)OC(COC(=O)CCCCCCC/C=C\CCCCCC)COC1OC(COC2OC(CO)C(O)C(O)C2O)C(O)C(O)C1O. The van der Waals surface area contributed by atoms with Crippen LogP contribution in [0.2, 0.25) is 0 Å². The van der Waals surface area contributed by atoms with Crippen molar-refractivity contribution in [1.29, 1.82) is 0 Å². The molecule has 396 valence electrons. The first-order valence-corrected chi connectivity index (χ1v) is 26.6. The molecule has 15 nitrogen and oxygen atoms in total. The zero-order chi connectivity index (χ0) is 49.6. The minimum Gasteiger partial charge on any atom is -0.462 e.